The van der Waals surface area contributed by atoms with Gasteiger partial charge in [0.2, 0.25) is 5.91 Å². The van der Waals surface area contributed by atoms with Crippen molar-refractivity contribution in [1.29, 1.82) is 0 Å². The lowest BCUT2D eigenvalue weighted by atomic mass is 10.1. The molecule has 0 fully saturated rings. The molecule has 0 aliphatic heterocycles. The second kappa shape index (κ2) is 9.37. The number of nitrogen functional groups attached to an aromatic ring is 1. The summed E-state index contributed by atoms with van der Waals surface area (Å²) in [5.41, 5.74) is 9.28. The molecule has 5 nitrogen and oxygen atoms in total. The highest BCUT2D eigenvalue weighted by atomic mass is 16.2. The van der Waals surface area contributed by atoms with Crippen molar-refractivity contribution in [3.8, 4) is 0 Å². The van der Waals surface area contributed by atoms with Crippen LogP contribution >= 0.6 is 0 Å². The zero-order chi connectivity index (χ0) is 19.8. The van der Waals surface area contributed by atoms with Gasteiger partial charge in [-0.25, -0.2) is 0 Å². The minimum Gasteiger partial charge on any atom is -0.399 e. The molecular weight excluding hydrogens is 350 g/mol. The minimum absolute atomic E-state index is 0.186. The van der Waals surface area contributed by atoms with Gasteiger partial charge in [0.05, 0.1) is 17.7 Å². The van der Waals surface area contributed by atoms with E-state index in [9.17, 15) is 9.59 Å². The first-order chi connectivity index (χ1) is 13.6. The van der Waals surface area contributed by atoms with Crippen LogP contribution in [-0.4, -0.2) is 18.4 Å². The molecule has 2 amide bonds. The van der Waals surface area contributed by atoms with Crippen LogP contribution in [0.25, 0.3) is 0 Å². The van der Waals surface area contributed by atoms with Gasteiger partial charge in [0.25, 0.3) is 5.91 Å². The molecule has 3 rings (SSSR count). The van der Waals surface area contributed by atoms with Crippen LogP contribution in [0, 0.1) is 0 Å². The van der Waals surface area contributed by atoms with E-state index in [4.69, 9.17) is 5.73 Å². The number of benzene rings is 3. The van der Waals surface area contributed by atoms with E-state index in [-0.39, 0.29) is 18.2 Å². The van der Waals surface area contributed by atoms with Gasteiger partial charge in [-0.15, -0.1) is 0 Å². The third kappa shape index (κ3) is 5.45. The number of carbonyl (C=O) groups excluding carboxylic acids is 2. The predicted molar refractivity (Wildman–Crippen MR) is 112 cm³/mol. The topological polar surface area (TPSA) is 84.2 Å². The Kier molecular flexibility index (Phi) is 6.41. The number of rotatable bonds is 7. The average molecular weight is 373 g/mol. The van der Waals surface area contributed by atoms with Gasteiger partial charge in [-0.1, -0.05) is 54.6 Å². The Morgan fingerprint density at radius 3 is 2.21 bits per heavy atom. The number of nitrogens with two attached hydrogens (primary N) is 1. The summed E-state index contributed by atoms with van der Waals surface area (Å²) in [4.78, 5) is 24.9. The van der Waals surface area contributed by atoms with Gasteiger partial charge in [0.15, 0.2) is 0 Å². The van der Waals surface area contributed by atoms with Crippen LogP contribution in [0.5, 0.6) is 0 Å². The van der Waals surface area contributed by atoms with Crippen LogP contribution in [-0.2, 0) is 17.6 Å². The summed E-state index contributed by atoms with van der Waals surface area (Å²) in [7, 11) is 0. The Balaban J connectivity index is 1.59. The summed E-state index contributed by atoms with van der Waals surface area (Å²) in [5.74, 6) is -0.395. The molecule has 0 radical (unpaired) electrons. The van der Waals surface area contributed by atoms with Crippen molar-refractivity contribution >= 4 is 23.2 Å². The lowest BCUT2D eigenvalue weighted by molar-refractivity contribution is -0.115. The fourth-order valence-corrected chi connectivity index (χ4v) is 2.87. The number of anilines is 2. The molecule has 0 aliphatic rings. The van der Waals surface area contributed by atoms with E-state index in [0.717, 1.165) is 17.5 Å². The monoisotopic (exact) mass is 373 g/mol. The molecule has 3 aromatic rings. The normalized spacial score (nSPS) is 10.3. The zero-order valence-electron chi connectivity index (χ0n) is 15.5. The molecule has 0 heterocycles. The summed E-state index contributed by atoms with van der Waals surface area (Å²) in [6.07, 6.45) is 0.961. The summed E-state index contributed by atoms with van der Waals surface area (Å²) >= 11 is 0. The second-order valence-electron chi connectivity index (χ2n) is 6.50. The van der Waals surface area contributed by atoms with Gasteiger partial charge in [-0.3, -0.25) is 9.59 Å². The molecule has 28 heavy (non-hydrogen) atoms. The highest BCUT2D eigenvalue weighted by Crippen LogP contribution is 2.16. The van der Waals surface area contributed by atoms with Crippen molar-refractivity contribution < 1.29 is 9.59 Å². The molecule has 0 saturated carbocycles. The molecule has 3 aromatic carbocycles. The largest absolute Gasteiger partial charge is 0.399 e. The predicted octanol–water partition coefficient (Wildman–Crippen LogP) is 3.42. The summed E-state index contributed by atoms with van der Waals surface area (Å²) < 4.78 is 0. The van der Waals surface area contributed by atoms with E-state index in [1.165, 1.54) is 0 Å². The molecular formula is C23H23N3O2. The molecule has 5 heteroatoms. The van der Waals surface area contributed by atoms with E-state index >= 15 is 0 Å². The first-order valence-electron chi connectivity index (χ1n) is 9.17. The first kappa shape index (κ1) is 19.2. The van der Waals surface area contributed by atoms with Gasteiger partial charge in [0.1, 0.15) is 0 Å². The molecule has 0 saturated heterocycles. The average Bonchev–Trinajstić information content (AvgIpc) is 2.71. The number of para-hydroxylation sites is 1. The van der Waals surface area contributed by atoms with Crippen molar-refractivity contribution in [3.63, 3.8) is 0 Å². The Morgan fingerprint density at radius 2 is 1.46 bits per heavy atom. The van der Waals surface area contributed by atoms with Crippen LogP contribution in [0.2, 0.25) is 0 Å². The Labute approximate surface area is 164 Å². The number of hydrogen-bond acceptors (Lipinski definition) is 3. The lowest BCUT2D eigenvalue weighted by Gasteiger charge is -2.12. The van der Waals surface area contributed by atoms with E-state index in [1.807, 2.05) is 42.5 Å². The summed E-state index contributed by atoms with van der Waals surface area (Å²) in [6.45, 7) is 0.524. The van der Waals surface area contributed by atoms with Crippen LogP contribution in [0.15, 0.2) is 78.9 Å². The van der Waals surface area contributed by atoms with Crippen LogP contribution in [0.3, 0.4) is 0 Å². The SMILES string of the molecule is Nc1ccc(CC(=O)Nc2ccccc2C(=O)NCCc2ccccc2)cc1. The smallest absolute Gasteiger partial charge is 0.253 e. The maximum Gasteiger partial charge on any atom is 0.253 e. The molecule has 0 bridgehead atoms. The van der Waals surface area contributed by atoms with Crippen molar-refractivity contribution in [1.82, 2.24) is 5.32 Å². The third-order valence-electron chi connectivity index (χ3n) is 4.33. The number of carbonyl (C=O) groups is 2. The Morgan fingerprint density at radius 1 is 0.786 bits per heavy atom. The second-order valence-corrected chi connectivity index (χ2v) is 6.50. The van der Waals surface area contributed by atoms with E-state index in [0.29, 0.717) is 23.5 Å². The molecule has 0 unspecified atom stereocenters. The zero-order valence-corrected chi connectivity index (χ0v) is 15.5. The lowest BCUT2D eigenvalue weighted by Crippen LogP contribution is -2.27. The van der Waals surface area contributed by atoms with Crippen LogP contribution < -0.4 is 16.4 Å². The molecule has 0 aliphatic carbocycles. The fourth-order valence-electron chi connectivity index (χ4n) is 2.87. The third-order valence-corrected chi connectivity index (χ3v) is 4.33. The van der Waals surface area contributed by atoms with Crippen molar-refractivity contribution in [3.05, 3.63) is 95.6 Å². The van der Waals surface area contributed by atoms with Gasteiger partial charge in [-0.05, 0) is 41.8 Å². The van der Waals surface area contributed by atoms with E-state index in [2.05, 4.69) is 10.6 Å². The summed E-state index contributed by atoms with van der Waals surface area (Å²) in [5, 5.41) is 5.74. The van der Waals surface area contributed by atoms with Crippen LogP contribution in [0.1, 0.15) is 21.5 Å². The van der Waals surface area contributed by atoms with Gasteiger partial charge in [-0.2, -0.15) is 0 Å². The minimum atomic E-state index is -0.209. The standard InChI is InChI=1S/C23H23N3O2/c24-19-12-10-18(11-13-19)16-22(27)26-21-9-5-4-8-20(21)23(28)25-15-14-17-6-2-1-3-7-17/h1-13H,14-16,24H2,(H,25,28)(H,26,27). The van der Waals surface area contributed by atoms with Gasteiger partial charge < -0.3 is 16.4 Å². The number of amides is 2. The molecule has 0 atom stereocenters. The van der Waals surface area contributed by atoms with Crippen molar-refractivity contribution in [2.45, 2.75) is 12.8 Å². The van der Waals surface area contributed by atoms with Gasteiger partial charge in [0, 0.05) is 12.2 Å². The summed E-state index contributed by atoms with van der Waals surface area (Å²) in [6, 6.07) is 24.1. The number of nitrogens with one attached hydrogen (secondary N) is 2. The maximum atomic E-state index is 12.6. The Hall–Kier alpha value is -3.60. The van der Waals surface area contributed by atoms with E-state index < -0.39 is 0 Å². The van der Waals surface area contributed by atoms with Gasteiger partial charge >= 0.3 is 0 Å². The van der Waals surface area contributed by atoms with Crippen LogP contribution in [0.4, 0.5) is 11.4 Å². The van der Waals surface area contributed by atoms with Crippen molar-refractivity contribution in [2.24, 2.45) is 0 Å². The maximum absolute atomic E-state index is 12.6. The highest BCUT2D eigenvalue weighted by Gasteiger charge is 2.13. The van der Waals surface area contributed by atoms with E-state index in [1.54, 1.807) is 36.4 Å². The first-order valence-corrected chi connectivity index (χ1v) is 9.17. The molecule has 0 aromatic heterocycles. The Bertz CT molecular complexity index is 938. The van der Waals surface area contributed by atoms with Crippen molar-refractivity contribution in [2.75, 3.05) is 17.6 Å². The molecule has 4 N–H and O–H groups in total. The molecule has 0 spiro atoms. The number of hydrogen-bond donors (Lipinski definition) is 3. The quantitative estimate of drug-likeness (QED) is 0.555. The molecule has 142 valence electrons. The highest BCUT2D eigenvalue weighted by molar-refractivity contribution is 6.04. The fraction of sp³-hybridized carbons (Fsp3) is 0.130.